The minimum atomic E-state index is -0.178. The molecule has 0 radical (unpaired) electrons. The van der Waals surface area contributed by atoms with Gasteiger partial charge in [-0.15, -0.1) is 0 Å². The van der Waals surface area contributed by atoms with Crippen molar-refractivity contribution in [3.05, 3.63) is 59.7 Å². The Kier molecular flexibility index (Phi) is 7.86. The fourth-order valence-corrected chi connectivity index (χ4v) is 2.48. The lowest BCUT2D eigenvalue weighted by Gasteiger charge is -2.10. The van der Waals surface area contributed by atoms with E-state index in [-0.39, 0.29) is 11.8 Å². The molecule has 0 aliphatic heterocycles. The van der Waals surface area contributed by atoms with Gasteiger partial charge in [0.2, 0.25) is 5.91 Å². The standard InChI is InChI=1S/C22H28N2O3/c1-16(2)13-14-27-20-6-4-5-18(15-20)22(26)24-19-10-7-17(8-11-19)9-12-21(25)23-3/h4-8,10-11,15-16H,9,12-14H2,1-3H3,(H,23,25)(H,24,26). The maximum Gasteiger partial charge on any atom is 0.255 e. The number of hydrogen-bond acceptors (Lipinski definition) is 3. The van der Waals surface area contributed by atoms with Crippen molar-refractivity contribution in [3.8, 4) is 5.75 Å². The van der Waals surface area contributed by atoms with Crippen LogP contribution in [0.25, 0.3) is 0 Å². The molecule has 0 spiro atoms. The van der Waals surface area contributed by atoms with Crippen LogP contribution in [0.1, 0.15) is 42.6 Å². The molecule has 0 aromatic heterocycles. The number of benzene rings is 2. The number of amides is 2. The quantitative estimate of drug-likeness (QED) is 0.702. The zero-order chi connectivity index (χ0) is 19.6. The highest BCUT2D eigenvalue weighted by atomic mass is 16.5. The number of nitrogens with one attached hydrogen (secondary N) is 2. The van der Waals surface area contributed by atoms with Gasteiger partial charge in [-0.2, -0.15) is 0 Å². The molecule has 2 amide bonds. The van der Waals surface area contributed by atoms with E-state index in [1.165, 1.54) is 0 Å². The highest BCUT2D eigenvalue weighted by molar-refractivity contribution is 6.04. The highest BCUT2D eigenvalue weighted by Gasteiger charge is 2.08. The third kappa shape index (κ3) is 7.13. The first-order valence-corrected chi connectivity index (χ1v) is 9.31. The Bertz CT molecular complexity index is 754. The molecular formula is C22H28N2O3. The van der Waals surface area contributed by atoms with Crippen LogP contribution in [-0.4, -0.2) is 25.5 Å². The lowest BCUT2D eigenvalue weighted by molar-refractivity contribution is -0.120. The number of anilines is 1. The van der Waals surface area contributed by atoms with Gasteiger partial charge in [0.05, 0.1) is 6.61 Å². The number of carbonyl (C=O) groups is 2. The van der Waals surface area contributed by atoms with Gasteiger partial charge in [0.1, 0.15) is 5.75 Å². The molecule has 0 saturated heterocycles. The summed E-state index contributed by atoms with van der Waals surface area (Å²) >= 11 is 0. The Balaban J connectivity index is 1.91. The lowest BCUT2D eigenvalue weighted by Crippen LogP contribution is -2.17. The Morgan fingerprint density at radius 1 is 1.07 bits per heavy atom. The molecule has 0 heterocycles. The van der Waals surface area contributed by atoms with Crippen LogP contribution in [0.3, 0.4) is 0 Å². The fourth-order valence-electron chi connectivity index (χ4n) is 2.48. The molecule has 5 heteroatoms. The van der Waals surface area contributed by atoms with Gasteiger partial charge in [-0.3, -0.25) is 9.59 Å². The van der Waals surface area contributed by atoms with E-state index in [9.17, 15) is 9.59 Å². The molecule has 0 atom stereocenters. The molecule has 0 aliphatic rings. The van der Waals surface area contributed by atoms with Crippen molar-refractivity contribution in [1.29, 1.82) is 0 Å². The second-order valence-corrected chi connectivity index (χ2v) is 6.88. The first-order valence-electron chi connectivity index (χ1n) is 9.31. The summed E-state index contributed by atoms with van der Waals surface area (Å²) in [6.07, 6.45) is 2.10. The van der Waals surface area contributed by atoms with Crippen LogP contribution >= 0.6 is 0 Å². The van der Waals surface area contributed by atoms with E-state index >= 15 is 0 Å². The van der Waals surface area contributed by atoms with Crippen molar-refractivity contribution < 1.29 is 14.3 Å². The van der Waals surface area contributed by atoms with Gasteiger partial charge in [0.25, 0.3) is 5.91 Å². The molecule has 2 aromatic carbocycles. The predicted octanol–water partition coefficient (Wildman–Crippen LogP) is 4.04. The number of carbonyl (C=O) groups excluding carboxylic acids is 2. The molecule has 0 aliphatic carbocycles. The largest absolute Gasteiger partial charge is 0.494 e. The van der Waals surface area contributed by atoms with Gasteiger partial charge in [-0.05, 0) is 54.7 Å². The fraction of sp³-hybridized carbons (Fsp3) is 0.364. The molecule has 2 rings (SSSR count). The summed E-state index contributed by atoms with van der Waals surface area (Å²) in [7, 11) is 1.63. The maximum atomic E-state index is 12.5. The molecule has 144 valence electrons. The van der Waals surface area contributed by atoms with Crippen molar-refractivity contribution in [1.82, 2.24) is 5.32 Å². The monoisotopic (exact) mass is 368 g/mol. The summed E-state index contributed by atoms with van der Waals surface area (Å²) in [6, 6.07) is 14.7. The minimum Gasteiger partial charge on any atom is -0.494 e. The van der Waals surface area contributed by atoms with Crippen LogP contribution in [0.5, 0.6) is 5.75 Å². The summed E-state index contributed by atoms with van der Waals surface area (Å²) in [5, 5.41) is 5.50. The van der Waals surface area contributed by atoms with E-state index in [4.69, 9.17) is 4.74 Å². The smallest absolute Gasteiger partial charge is 0.255 e. The molecule has 0 unspecified atom stereocenters. The van der Waals surface area contributed by atoms with Gasteiger partial charge in [-0.1, -0.05) is 32.0 Å². The van der Waals surface area contributed by atoms with Crippen LogP contribution in [0.2, 0.25) is 0 Å². The number of rotatable bonds is 9. The Labute approximate surface area is 161 Å². The summed E-state index contributed by atoms with van der Waals surface area (Å²) in [5.74, 6) is 1.12. The van der Waals surface area contributed by atoms with E-state index in [2.05, 4.69) is 24.5 Å². The van der Waals surface area contributed by atoms with Crippen molar-refractivity contribution in [3.63, 3.8) is 0 Å². The molecule has 0 saturated carbocycles. The minimum absolute atomic E-state index is 0.0166. The predicted molar refractivity (Wildman–Crippen MR) is 108 cm³/mol. The molecule has 2 aromatic rings. The zero-order valence-electron chi connectivity index (χ0n) is 16.2. The van der Waals surface area contributed by atoms with E-state index in [0.29, 0.717) is 36.7 Å². The second-order valence-electron chi connectivity index (χ2n) is 6.88. The van der Waals surface area contributed by atoms with E-state index in [1.54, 1.807) is 19.2 Å². The van der Waals surface area contributed by atoms with Crippen LogP contribution in [0.15, 0.2) is 48.5 Å². The summed E-state index contributed by atoms with van der Waals surface area (Å²) < 4.78 is 5.72. The highest BCUT2D eigenvalue weighted by Crippen LogP contribution is 2.17. The first-order chi connectivity index (χ1) is 13.0. The normalized spacial score (nSPS) is 10.5. The summed E-state index contributed by atoms with van der Waals surface area (Å²) in [5.41, 5.74) is 2.33. The lowest BCUT2D eigenvalue weighted by atomic mass is 10.1. The van der Waals surface area contributed by atoms with Crippen molar-refractivity contribution in [2.45, 2.75) is 33.1 Å². The summed E-state index contributed by atoms with van der Waals surface area (Å²) in [6.45, 7) is 4.94. The van der Waals surface area contributed by atoms with Crippen molar-refractivity contribution in [2.24, 2.45) is 5.92 Å². The Morgan fingerprint density at radius 3 is 2.48 bits per heavy atom. The van der Waals surface area contributed by atoms with Crippen LogP contribution in [-0.2, 0) is 11.2 Å². The third-order valence-electron chi connectivity index (χ3n) is 4.19. The number of hydrogen-bond donors (Lipinski definition) is 2. The van der Waals surface area contributed by atoms with Gasteiger partial charge in [0, 0.05) is 24.7 Å². The summed E-state index contributed by atoms with van der Waals surface area (Å²) in [4.78, 5) is 23.8. The molecular weight excluding hydrogens is 340 g/mol. The molecule has 27 heavy (non-hydrogen) atoms. The Morgan fingerprint density at radius 2 is 1.81 bits per heavy atom. The van der Waals surface area contributed by atoms with E-state index in [0.717, 1.165) is 17.7 Å². The maximum absolute atomic E-state index is 12.5. The van der Waals surface area contributed by atoms with Crippen LogP contribution in [0.4, 0.5) is 5.69 Å². The van der Waals surface area contributed by atoms with Gasteiger partial charge in [-0.25, -0.2) is 0 Å². The van der Waals surface area contributed by atoms with E-state index in [1.807, 2.05) is 36.4 Å². The average Bonchev–Trinajstić information content (AvgIpc) is 2.67. The van der Waals surface area contributed by atoms with E-state index < -0.39 is 0 Å². The van der Waals surface area contributed by atoms with Crippen molar-refractivity contribution >= 4 is 17.5 Å². The Hall–Kier alpha value is -2.82. The first kappa shape index (κ1) is 20.5. The molecule has 0 bridgehead atoms. The van der Waals surface area contributed by atoms with Crippen LogP contribution in [0, 0.1) is 5.92 Å². The number of aryl methyl sites for hydroxylation is 1. The van der Waals surface area contributed by atoms with Gasteiger partial charge >= 0.3 is 0 Å². The molecule has 2 N–H and O–H groups in total. The van der Waals surface area contributed by atoms with Crippen molar-refractivity contribution in [2.75, 3.05) is 19.0 Å². The topological polar surface area (TPSA) is 67.4 Å². The average molecular weight is 368 g/mol. The third-order valence-corrected chi connectivity index (χ3v) is 4.19. The van der Waals surface area contributed by atoms with Gasteiger partial charge < -0.3 is 15.4 Å². The van der Waals surface area contributed by atoms with Gasteiger partial charge in [0.15, 0.2) is 0 Å². The SMILES string of the molecule is CNC(=O)CCc1ccc(NC(=O)c2cccc(OCCC(C)C)c2)cc1. The molecule has 0 fully saturated rings. The molecule has 5 nitrogen and oxygen atoms in total. The second kappa shape index (κ2) is 10.4. The number of ether oxygens (including phenoxy) is 1. The van der Waals surface area contributed by atoms with Crippen LogP contribution < -0.4 is 15.4 Å². The zero-order valence-corrected chi connectivity index (χ0v) is 16.2.